The second kappa shape index (κ2) is 4.84. The highest BCUT2D eigenvalue weighted by Crippen LogP contribution is 2.30. The van der Waals surface area contributed by atoms with E-state index in [0.717, 1.165) is 5.56 Å². The van der Waals surface area contributed by atoms with Gasteiger partial charge in [0.25, 0.3) is 5.89 Å². The van der Waals surface area contributed by atoms with Crippen molar-refractivity contribution in [3.05, 3.63) is 24.1 Å². The molecule has 6 heteroatoms. The molecule has 0 aliphatic carbocycles. The summed E-state index contributed by atoms with van der Waals surface area (Å²) in [6.07, 6.45) is 0. The molecule has 1 heterocycles. The van der Waals surface area contributed by atoms with Crippen LogP contribution in [0, 0.1) is 0 Å². The molecule has 3 N–H and O–H groups in total. The van der Waals surface area contributed by atoms with Gasteiger partial charge in [0.05, 0.1) is 14.2 Å². The van der Waals surface area contributed by atoms with E-state index in [-0.39, 0.29) is 0 Å². The van der Waals surface area contributed by atoms with Gasteiger partial charge in [-0.3, -0.25) is 0 Å². The fourth-order valence-electron chi connectivity index (χ4n) is 1.45. The van der Waals surface area contributed by atoms with Crippen molar-refractivity contribution in [2.45, 2.75) is 6.54 Å². The molecule has 0 fully saturated rings. The number of rotatable bonds is 4. The minimum Gasteiger partial charge on any atom is -0.493 e. The third-order valence-corrected chi connectivity index (χ3v) is 2.32. The molecule has 0 aliphatic rings. The van der Waals surface area contributed by atoms with Crippen LogP contribution in [0.25, 0.3) is 11.4 Å². The Morgan fingerprint density at radius 3 is 2.59 bits per heavy atom. The molecule has 0 spiro atoms. The lowest BCUT2D eigenvalue weighted by Crippen LogP contribution is -2.47. The molecule has 0 atom stereocenters. The molecule has 0 unspecified atom stereocenters. The minimum absolute atomic E-state index is 0.473. The van der Waals surface area contributed by atoms with Crippen LogP contribution < -0.4 is 15.2 Å². The average Bonchev–Trinajstić information content (AvgIpc) is 2.86. The summed E-state index contributed by atoms with van der Waals surface area (Å²) >= 11 is 0. The highest BCUT2D eigenvalue weighted by atomic mass is 16.5. The maximum absolute atomic E-state index is 5.21. The number of quaternary nitrogens is 1. The van der Waals surface area contributed by atoms with Gasteiger partial charge in [-0.2, -0.15) is 4.98 Å². The van der Waals surface area contributed by atoms with E-state index in [1.54, 1.807) is 26.4 Å². The summed E-state index contributed by atoms with van der Waals surface area (Å²) < 4.78 is 15.4. The van der Waals surface area contributed by atoms with E-state index in [1.807, 2.05) is 6.07 Å². The number of nitrogens with zero attached hydrogens (tertiary/aromatic N) is 2. The lowest BCUT2D eigenvalue weighted by atomic mass is 10.2. The van der Waals surface area contributed by atoms with E-state index in [2.05, 4.69) is 15.9 Å². The van der Waals surface area contributed by atoms with Gasteiger partial charge in [0.2, 0.25) is 5.82 Å². The van der Waals surface area contributed by atoms with E-state index >= 15 is 0 Å². The zero-order chi connectivity index (χ0) is 12.3. The Hall–Kier alpha value is -2.08. The first-order chi connectivity index (χ1) is 8.28. The maximum Gasteiger partial charge on any atom is 0.281 e. The van der Waals surface area contributed by atoms with Crippen molar-refractivity contribution >= 4 is 0 Å². The maximum atomic E-state index is 5.21. The second-order valence-electron chi connectivity index (χ2n) is 3.33. The monoisotopic (exact) mass is 236 g/mol. The minimum atomic E-state index is 0.473. The van der Waals surface area contributed by atoms with Gasteiger partial charge >= 0.3 is 0 Å². The topological polar surface area (TPSA) is 85.0 Å². The number of aromatic nitrogens is 2. The fourth-order valence-corrected chi connectivity index (χ4v) is 1.45. The van der Waals surface area contributed by atoms with E-state index in [9.17, 15) is 0 Å². The van der Waals surface area contributed by atoms with Crippen molar-refractivity contribution < 1.29 is 19.7 Å². The first kappa shape index (κ1) is 11.4. The van der Waals surface area contributed by atoms with Crippen LogP contribution in [-0.4, -0.2) is 24.4 Å². The van der Waals surface area contributed by atoms with Crippen LogP contribution in [0.4, 0.5) is 0 Å². The summed E-state index contributed by atoms with van der Waals surface area (Å²) in [6, 6.07) is 5.45. The van der Waals surface area contributed by atoms with Crippen molar-refractivity contribution in [1.29, 1.82) is 0 Å². The largest absolute Gasteiger partial charge is 0.493 e. The summed E-state index contributed by atoms with van der Waals surface area (Å²) in [7, 11) is 3.17. The number of benzene rings is 1. The number of methoxy groups -OCH3 is 2. The SMILES string of the molecule is COc1ccc(-c2noc(C[NH3+])n2)cc1OC. The standard InChI is InChI=1S/C11H13N3O3/c1-15-8-4-3-7(5-9(8)16-2)11-13-10(6-12)17-14-11/h3-5H,6,12H2,1-2H3/p+1. The van der Waals surface area contributed by atoms with Gasteiger partial charge in [-0.05, 0) is 18.2 Å². The molecule has 2 aromatic rings. The lowest BCUT2D eigenvalue weighted by Gasteiger charge is -2.07. The van der Waals surface area contributed by atoms with Gasteiger partial charge in [0.15, 0.2) is 18.0 Å². The molecular weight excluding hydrogens is 222 g/mol. The Morgan fingerprint density at radius 2 is 2.00 bits per heavy atom. The van der Waals surface area contributed by atoms with Gasteiger partial charge < -0.3 is 19.7 Å². The molecule has 6 nitrogen and oxygen atoms in total. The van der Waals surface area contributed by atoms with Crippen LogP contribution in [0.15, 0.2) is 22.7 Å². The summed E-state index contributed by atoms with van der Waals surface area (Å²) in [6.45, 7) is 0.473. The van der Waals surface area contributed by atoms with E-state index in [1.165, 1.54) is 0 Å². The first-order valence-corrected chi connectivity index (χ1v) is 5.12. The summed E-state index contributed by atoms with van der Waals surface area (Å²) in [5.41, 5.74) is 4.49. The molecule has 17 heavy (non-hydrogen) atoms. The van der Waals surface area contributed by atoms with Crippen LogP contribution in [-0.2, 0) is 6.54 Å². The van der Waals surface area contributed by atoms with Crippen molar-refractivity contribution in [2.75, 3.05) is 14.2 Å². The Morgan fingerprint density at radius 1 is 1.24 bits per heavy atom. The Balaban J connectivity index is 2.38. The molecular formula is C11H14N3O3+. The van der Waals surface area contributed by atoms with Crippen molar-refractivity contribution in [2.24, 2.45) is 0 Å². The number of hydrogen-bond donors (Lipinski definition) is 1. The molecule has 2 rings (SSSR count). The molecule has 90 valence electrons. The molecule has 0 aliphatic heterocycles. The van der Waals surface area contributed by atoms with Gasteiger partial charge in [0.1, 0.15) is 0 Å². The summed E-state index contributed by atoms with van der Waals surface area (Å²) in [5, 5.41) is 3.87. The van der Waals surface area contributed by atoms with E-state index in [4.69, 9.17) is 14.0 Å². The third kappa shape index (κ3) is 2.21. The van der Waals surface area contributed by atoms with Crippen LogP contribution in [0.1, 0.15) is 5.89 Å². The molecule has 1 aromatic carbocycles. The number of hydrogen-bond acceptors (Lipinski definition) is 5. The molecule has 0 radical (unpaired) electrons. The fraction of sp³-hybridized carbons (Fsp3) is 0.273. The Bertz CT molecular complexity index is 510. The van der Waals surface area contributed by atoms with E-state index in [0.29, 0.717) is 29.8 Å². The van der Waals surface area contributed by atoms with Crippen LogP contribution in [0.5, 0.6) is 11.5 Å². The molecule has 0 bridgehead atoms. The molecule has 1 aromatic heterocycles. The molecule has 0 amide bonds. The smallest absolute Gasteiger partial charge is 0.281 e. The van der Waals surface area contributed by atoms with Gasteiger partial charge in [-0.25, -0.2) is 0 Å². The predicted octanol–water partition coefficient (Wildman–Crippen LogP) is 0.496. The van der Waals surface area contributed by atoms with Crippen LogP contribution in [0.3, 0.4) is 0 Å². The quantitative estimate of drug-likeness (QED) is 0.835. The second-order valence-corrected chi connectivity index (χ2v) is 3.33. The predicted molar refractivity (Wildman–Crippen MR) is 59.4 cm³/mol. The van der Waals surface area contributed by atoms with E-state index < -0.39 is 0 Å². The average molecular weight is 236 g/mol. The van der Waals surface area contributed by atoms with Crippen molar-refractivity contribution in [3.8, 4) is 22.9 Å². The molecule has 0 saturated carbocycles. The van der Waals surface area contributed by atoms with Gasteiger partial charge in [-0.15, -0.1) is 0 Å². The van der Waals surface area contributed by atoms with Crippen molar-refractivity contribution in [1.82, 2.24) is 10.1 Å². The zero-order valence-electron chi connectivity index (χ0n) is 9.77. The highest BCUT2D eigenvalue weighted by Gasteiger charge is 2.11. The number of ether oxygens (including phenoxy) is 2. The zero-order valence-corrected chi connectivity index (χ0v) is 9.77. The Labute approximate surface area is 98.3 Å². The highest BCUT2D eigenvalue weighted by molar-refractivity contribution is 5.60. The van der Waals surface area contributed by atoms with Crippen molar-refractivity contribution in [3.63, 3.8) is 0 Å². The van der Waals surface area contributed by atoms with Crippen LogP contribution in [0.2, 0.25) is 0 Å². The summed E-state index contributed by atoms with van der Waals surface area (Å²) in [4.78, 5) is 4.19. The first-order valence-electron chi connectivity index (χ1n) is 5.12. The van der Waals surface area contributed by atoms with Gasteiger partial charge in [-0.1, -0.05) is 5.16 Å². The van der Waals surface area contributed by atoms with Gasteiger partial charge in [0, 0.05) is 5.56 Å². The van der Waals surface area contributed by atoms with Crippen LogP contribution >= 0.6 is 0 Å². The Kier molecular flexibility index (Phi) is 3.24. The normalized spacial score (nSPS) is 10.3. The third-order valence-electron chi connectivity index (χ3n) is 2.32. The summed E-state index contributed by atoms with van der Waals surface area (Å²) in [5.74, 6) is 2.32. The molecule has 0 saturated heterocycles. The lowest BCUT2D eigenvalue weighted by molar-refractivity contribution is -0.391.